The topological polar surface area (TPSA) is 105 Å². The molecule has 1 aromatic carbocycles. The third-order valence-electron chi connectivity index (χ3n) is 2.74. The quantitative estimate of drug-likeness (QED) is 0.655. The molecule has 2 N–H and O–H groups in total. The van der Waals surface area contributed by atoms with Crippen molar-refractivity contribution in [3.63, 3.8) is 0 Å². The number of aromatic carboxylic acids is 1. The maximum Gasteiger partial charge on any atom is 0.337 e. The zero-order chi connectivity index (χ0) is 14.7. The van der Waals surface area contributed by atoms with E-state index in [1.54, 1.807) is 19.1 Å². The van der Waals surface area contributed by atoms with Gasteiger partial charge in [0, 0.05) is 23.5 Å². The summed E-state index contributed by atoms with van der Waals surface area (Å²) < 4.78 is 0. The first kappa shape index (κ1) is 13.5. The van der Waals surface area contributed by atoms with Gasteiger partial charge in [-0.2, -0.15) is 0 Å². The summed E-state index contributed by atoms with van der Waals surface area (Å²) in [5.74, 6) is -1.10. The van der Waals surface area contributed by atoms with E-state index in [2.05, 4.69) is 10.3 Å². The lowest BCUT2D eigenvalue weighted by Crippen LogP contribution is -2.03. The van der Waals surface area contributed by atoms with Gasteiger partial charge in [-0.1, -0.05) is 6.07 Å². The number of aromatic nitrogens is 1. The average Bonchev–Trinajstić information content (AvgIpc) is 2.41. The lowest BCUT2D eigenvalue weighted by Gasteiger charge is -2.09. The van der Waals surface area contributed by atoms with Crippen LogP contribution in [0.25, 0.3) is 0 Å². The molecular weight excluding hydrogens is 262 g/mol. The molecule has 1 heterocycles. The van der Waals surface area contributed by atoms with Crippen LogP contribution in [-0.2, 0) is 0 Å². The number of nitro groups is 1. The molecule has 0 radical (unpaired) electrons. The van der Waals surface area contributed by atoms with Crippen molar-refractivity contribution < 1.29 is 14.8 Å². The number of anilines is 2. The normalized spacial score (nSPS) is 10.1. The van der Waals surface area contributed by atoms with Crippen molar-refractivity contribution in [2.24, 2.45) is 0 Å². The second-order valence-electron chi connectivity index (χ2n) is 4.11. The summed E-state index contributed by atoms with van der Waals surface area (Å²) in [4.78, 5) is 25.3. The fraction of sp³-hybridized carbons (Fsp3) is 0.0769. The number of carbonyl (C=O) groups is 1. The highest BCUT2D eigenvalue weighted by Gasteiger charge is 2.13. The molecule has 0 fully saturated rings. The molecule has 102 valence electrons. The van der Waals surface area contributed by atoms with E-state index in [0.29, 0.717) is 11.3 Å². The summed E-state index contributed by atoms with van der Waals surface area (Å²) >= 11 is 0. The molecule has 0 aliphatic heterocycles. The van der Waals surface area contributed by atoms with E-state index in [9.17, 15) is 14.9 Å². The minimum absolute atomic E-state index is 0.0317. The van der Waals surface area contributed by atoms with Gasteiger partial charge in [0.1, 0.15) is 0 Å². The zero-order valence-corrected chi connectivity index (χ0v) is 10.5. The number of carboxylic acids is 1. The monoisotopic (exact) mass is 273 g/mol. The van der Waals surface area contributed by atoms with Crippen molar-refractivity contribution in [2.45, 2.75) is 6.92 Å². The fourth-order valence-corrected chi connectivity index (χ4v) is 1.72. The third-order valence-corrected chi connectivity index (χ3v) is 2.74. The molecule has 0 bridgehead atoms. The van der Waals surface area contributed by atoms with E-state index in [1.807, 2.05) is 0 Å². The SMILES string of the molecule is Cc1ccc(Nc2cnccc2C(=O)O)cc1[N+](=O)[O-]. The summed E-state index contributed by atoms with van der Waals surface area (Å²) in [6, 6.07) is 5.94. The predicted molar refractivity (Wildman–Crippen MR) is 72.3 cm³/mol. The predicted octanol–water partition coefficient (Wildman–Crippen LogP) is 2.74. The number of rotatable bonds is 4. The highest BCUT2D eigenvalue weighted by Crippen LogP contribution is 2.26. The van der Waals surface area contributed by atoms with Gasteiger partial charge in [-0.15, -0.1) is 0 Å². The van der Waals surface area contributed by atoms with Gasteiger partial charge in [0.2, 0.25) is 0 Å². The van der Waals surface area contributed by atoms with Crippen molar-refractivity contribution in [3.8, 4) is 0 Å². The number of hydrogen-bond donors (Lipinski definition) is 2. The minimum atomic E-state index is -1.10. The number of hydrogen-bond acceptors (Lipinski definition) is 5. The smallest absolute Gasteiger partial charge is 0.337 e. The molecule has 0 spiro atoms. The van der Waals surface area contributed by atoms with Gasteiger partial charge in [-0.3, -0.25) is 15.1 Å². The number of carboxylic acid groups (broad SMARTS) is 1. The van der Waals surface area contributed by atoms with Gasteiger partial charge in [0.05, 0.1) is 22.4 Å². The van der Waals surface area contributed by atoms with E-state index < -0.39 is 10.9 Å². The Morgan fingerprint density at radius 3 is 2.80 bits per heavy atom. The maximum absolute atomic E-state index is 11.1. The first-order chi connectivity index (χ1) is 9.49. The van der Waals surface area contributed by atoms with Crippen molar-refractivity contribution in [2.75, 3.05) is 5.32 Å². The van der Waals surface area contributed by atoms with Gasteiger partial charge in [0.15, 0.2) is 0 Å². The summed E-state index contributed by atoms with van der Waals surface area (Å²) in [5.41, 5.74) is 1.25. The highest BCUT2D eigenvalue weighted by molar-refractivity contribution is 5.94. The molecule has 0 unspecified atom stereocenters. The lowest BCUT2D eigenvalue weighted by molar-refractivity contribution is -0.385. The third kappa shape index (κ3) is 2.72. The Hall–Kier alpha value is -2.96. The zero-order valence-electron chi connectivity index (χ0n) is 10.5. The van der Waals surface area contributed by atoms with E-state index in [-0.39, 0.29) is 16.9 Å². The molecule has 0 aliphatic carbocycles. The average molecular weight is 273 g/mol. The minimum Gasteiger partial charge on any atom is -0.478 e. The molecule has 0 atom stereocenters. The highest BCUT2D eigenvalue weighted by atomic mass is 16.6. The standard InChI is InChI=1S/C13H11N3O4/c1-8-2-3-9(6-12(8)16(19)20)15-11-7-14-5-4-10(11)13(17)18/h2-7,15H,1H3,(H,17,18). The van der Waals surface area contributed by atoms with Crippen LogP contribution in [0.4, 0.5) is 17.1 Å². The van der Waals surface area contributed by atoms with Gasteiger partial charge in [-0.25, -0.2) is 4.79 Å². The summed E-state index contributed by atoms with van der Waals surface area (Å²) in [6.07, 6.45) is 2.72. The summed E-state index contributed by atoms with van der Waals surface area (Å²) in [5, 5.41) is 22.8. The van der Waals surface area contributed by atoms with Gasteiger partial charge >= 0.3 is 5.97 Å². The molecule has 2 aromatic rings. The molecule has 0 amide bonds. The number of nitrogens with zero attached hydrogens (tertiary/aromatic N) is 2. The van der Waals surface area contributed by atoms with Gasteiger partial charge in [-0.05, 0) is 19.1 Å². The lowest BCUT2D eigenvalue weighted by atomic mass is 10.1. The largest absolute Gasteiger partial charge is 0.478 e. The van der Waals surface area contributed by atoms with E-state index >= 15 is 0 Å². The van der Waals surface area contributed by atoms with E-state index in [4.69, 9.17) is 5.11 Å². The second kappa shape index (κ2) is 5.35. The Kier molecular flexibility index (Phi) is 3.60. The van der Waals surface area contributed by atoms with Gasteiger partial charge in [0.25, 0.3) is 5.69 Å². The van der Waals surface area contributed by atoms with Crippen LogP contribution in [0.5, 0.6) is 0 Å². The molecule has 7 nitrogen and oxygen atoms in total. The van der Waals surface area contributed by atoms with Crippen LogP contribution >= 0.6 is 0 Å². The number of aryl methyl sites for hydroxylation is 1. The summed E-state index contributed by atoms with van der Waals surface area (Å²) in [6.45, 7) is 1.63. The molecule has 0 saturated heterocycles. The number of pyridine rings is 1. The van der Waals surface area contributed by atoms with Crippen molar-refractivity contribution in [3.05, 3.63) is 57.9 Å². The van der Waals surface area contributed by atoms with Crippen LogP contribution in [0.15, 0.2) is 36.7 Å². The molecule has 2 rings (SSSR count). The van der Waals surface area contributed by atoms with Crippen LogP contribution in [0.1, 0.15) is 15.9 Å². The van der Waals surface area contributed by atoms with E-state index in [1.165, 1.54) is 24.5 Å². The van der Waals surface area contributed by atoms with Crippen LogP contribution in [0.2, 0.25) is 0 Å². The van der Waals surface area contributed by atoms with Crippen molar-refractivity contribution >= 4 is 23.0 Å². The Bertz CT molecular complexity index is 685. The Morgan fingerprint density at radius 2 is 2.15 bits per heavy atom. The van der Waals surface area contributed by atoms with Crippen molar-refractivity contribution in [1.82, 2.24) is 4.98 Å². The fourth-order valence-electron chi connectivity index (χ4n) is 1.72. The van der Waals surface area contributed by atoms with Gasteiger partial charge < -0.3 is 10.4 Å². The molecule has 7 heteroatoms. The second-order valence-corrected chi connectivity index (χ2v) is 4.11. The van der Waals surface area contributed by atoms with E-state index in [0.717, 1.165) is 0 Å². The molecule has 20 heavy (non-hydrogen) atoms. The van der Waals surface area contributed by atoms with Crippen LogP contribution in [-0.4, -0.2) is 21.0 Å². The first-order valence-electron chi connectivity index (χ1n) is 5.68. The van der Waals surface area contributed by atoms with Crippen molar-refractivity contribution in [1.29, 1.82) is 0 Å². The first-order valence-corrected chi connectivity index (χ1v) is 5.68. The molecular formula is C13H11N3O4. The van der Waals surface area contributed by atoms with Crippen LogP contribution in [0.3, 0.4) is 0 Å². The Balaban J connectivity index is 2.38. The number of benzene rings is 1. The van der Waals surface area contributed by atoms with Crippen LogP contribution < -0.4 is 5.32 Å². The number of nitro benzene ring substituents is 1. The van der Waals surface area contributed by atoms with Crippen LogP contribution in [0, 0.1) is 17.0 Å². The summed E-state index contributed by atoms with van der Waals surface area (Å²) in [7, 11) is 0. The maximum atomic E-state index is 11.1. The Labute approximate surface area is 114 Å². The molecule has 0 aliphatic rings. The Morgan fingerprint density at radius 1 is 1.40 bits per heavy atom. The molecule has 1 aromatic heterocycles. The molecule has 0 saturated carbocycles. The number of nitrogens with one attached hydrogen (secondary N) is 1.